The number of unbranched alkanes of at least 4 members (excludes halogenated alkanes) is 32. The summed E-state index contributed by atoms with van der Waals surface area (Å²) in [5.74, 6) is -0.650. The minimum Gasteiger partial charge on any atom is -0.481 e. The van der Waals surface area contributed by atoms with Crippen molar-refractivity contribution in [2.24, 2.45) is 0 Å². The Labute approximate surface area is 274 Å². The molecule has 0 aliphatic heterocycles. The first-order valence-corrected chi connectivity index (χ1v) is 23.7. The number of rotatable bonds is 36. The molecular weight excluding hydrogens is 575 g/mol. The highest BCUT2D eigenvalue weighted by Crippen LogP contribution is 2.23. The van der Waals surface area contributed by atoms with Gasteiger partial charge >= 0.3 is 5.97 Å². The molecule has 0 atom stereocenters. The van der Waals surface area contributed by atoms with Crippen LogP contribution in [0.15, 0.2) is 0 Å². The molecule has 0 aromatic heterocycles. The molecule has 0 rings (SSSR count). The molecule has 0 bridgehead atoms. The van der Waals surface area contributed by atoms with Crippen molar-refractivity contribution in [3.63, 3.8) is 0 Å². The van der Waals surface area contributed by atoms with Crippen molar-refractivity contribution >= 4 is 34.8 Å². The van der Waals surface area contributed by atoms with Crippen LogP contribution in [0.25, 0.3) is 0 Å². The maximum absolute atomic E-state index is 10.5. The van der Waals surface area contributed by atoms with E-state index in [9.17, 15) is 4.79 Å². The molecule has 252 valence electrons. The van der Waals surface area contributed by atoms with Crippen LogP contribution >= 0.6 is 22.2 Å². The molecule has 0 fully saturated rings. The molecule has 0 aromatic rings. The van der Waals surface area contributed by atoms with Gasteiger partial charge in [0.05, 0.1) is 0 Å². The summed E-state index contributed by atoms with van der Waals surface area (Å²) in [7, 11) is 0. The van der Waals surface area contributed by atoms with Gasteiger partial charge in [0.1, 0.15) is 0 Å². The van der Waals surface area contributed by atoms with Crippen LogP contribution in [0.1, 0.15) is 218 Å². The smallest absolute Gasteiger partial charge is 0.303 e. The van der Waals surface area contributed by atoms with Gasteiger partial charge in [0.2, 0.25) is 6.69 Å². The predicted molar refractivity (Wildman–Crippen MR) is 193 cm³/mol. The number of aliphatic carboxylic acids is 1. The Morgan fingerprint density at radius 2 is 0.548 bits per heavy atom. The summed E-state index contributed by atoms with van der Waals surface area (Å²) in [6, 6.07) is 1.06. The molecule has 0 aliphatic carbocycles. The van der Waals surface area contributed by atoms with Gasteiger partial charge in [-0.2, -0.15) is 0 Å². The van der Waals surface area contributed by atoms with Crippen molar-refractivity contribution in [3.05, 3.63) is 0 Å². The number of carbonyl (C=O) groups is 1. The van der Waals surface area contributed by atoms with Gasteiger partial charge in [0.15, 0.2) is 0 Å². The zero-order chi connectivity index (χ0) is 30.8. The van der Waals surface area contributed by atoms with Crippen LogP contribution in [0.5, 0.6) is 0 Å². The van der Waals surface area contributed by atoms with Crippen LogP contribution in [0.2, 0.25) is 12.6 Å². The van der Waals surface area contributed by atoms with Crippen LogP contribution in [-0.4, -0.2) is 17.8 Å². The molecule has 5 heteroatoms. The Morgan fingerprint density at radius 1 is 0.381 bits per heavy atom. The van der Waals surface area contributed by atoms with E-state index in [1.165, 1.54) is 199 Å². The second kappa shape index (κ2) is 34.1. The minimum atomic E-state index is -1.85. The van der Waals surface area contributed by atoms with E-state index in [1.54, 1.807) is 0 Å². The molecule has 0 amide bonds. The number of halogens is 2. The Balaban J connectivity index is 3.06. The van der Waals surface area contributed by atoms with Crippen LogP contribution in [-0.2, 0) is 4.79 Å². The van der Waals surface area contributed by atoms with Crippen LogP contribution in [0.4, 0.5) is 0 Å². The lowest BCUT2D eigenvalue weighted by atomic mass is 10.0. The first-order chi connectivity index (χ1) is 20.4. The lowest BCUT2D eigenvalue weighted by Gasteiger charge is -2.09. The summed E-state index contributed by atoms with van der Waals surface area (Å²) in [5.41, 5.74) is 0. The Hall–Kier alpha value is 0.267. The van der Waals surface area contributed by atoms with E-state index in [-0.39, 0.29) is 0 Å². The van der Waals surface area contributed by atoms with Crippen molar-refractivity contribution in [1.82, 2.24) is 0 Å². The Kier molecular flexibility index (Phi) is 34.4. The molecule has 1 N–H and O–H groups in total. The van der Waals surface area contributed by atoms with Crippen molar-refractivity contribution in [2.75, 3.05) is 0 Å². The van der Waals surface area contributed by atoms with Crippen molar-refractivity contribution in [3.8, 4) is 0 Å². The maximum Gasteiger partial charge on any atom is 0.303 e. The summed E-state index contributed by atoms with van der Waals surface area (Å²) in [6.45, 7) is 0.189. The van der Waals surface area contributed by atoms with E-state index in [2.05, 4.69) is 0 Å². The molecule has 0 saturated carbocycles. The van der Waals surface area contributed by atoms with Crippen LogP contribution in [0, 0.1) is 0 Å². The standard InChI is InChI=1S/C37H74Cl2O2Si/c1-42(38,39)36-34-32-30-28-26-24-22-20-18-16-14-12-10-8-6-4-2-3-5-7-9-11-13-15-17-19-21-23-25-27-29-31-33-35-37(40)41/h2-36H2,1H3,(H,40,41). The van der Waals surface area contributed by atoms with Crippen molar-refractivity contribution < 1.29 is 9.90 Å². The number of hydrogen-bond acceptors (Lipinski definition) is 1. The van der Waals surface area contributed by atoms with E-state index in [4.69, 9.17) is 27.3 Å². The molecule has 42 heavy (non-hydrogen) atoms. The molecule has 0 unspecified atom stereocenters. The van der Waals surface area contributed by atoms with E-state index in [1.807, 2.05) is 6.55 Å². The van der Waals surface area contributed by atoms with Gasteiger partial charge in [0, 0.05) is 6.42 Å². The molecule has 0 aromatic carbocycles. The second-order valence-corrected chi connectivity index (χ2v) is 21.9. The predicted octanol–water partition coefficient (Wildman–Crippen LogP) is 14.9. The lowest BCUT2D eigenvalue weighted by molar-refractivity contribution is -0.137. The zero-order valence-corrected chi connectivity index (χ0v) is 30.9. The summed E-state index contributed by atoms with van der Waals surface area (Å²) < 4.78 is 0. The fraction of sp³-hybridized carbons (Fsp3) is 0.973. The SMILES string of the molecule is C[Si](Cl)(Cl)CCCCCCCCCCCCCCCCCCCCCCCCCCCCCCCCCCCC(=O)O. The first kappa shape index (κ1) is 42.3. The lowest BCUT2D eigenvalue weighted by Crippen LogP contribution is -2.11. The van der Waals surface area contributed by atoms with Crippen molar-refractivity contribution in [2.45, 2.75) is 231 Å². The highest BCUT2D eigenvalue weighted by atomic mass is 35.7. The summed E-state index contributed by atoms with van der Waals surface area (Å²) in [5, 5.41) is 8.64. The monoisotopic (exact) mass is 648 g/mol. The highest BCUT2D eigenvalue weighted by Gasteiger charge is 2.19. The van der Waals surface area contributed by atoms with Gasteiger partial charge in [0.25, 0.3) is 0 Å². The van der Waals surface area contributed by atoms with E-state index in [0.717, 1.165) is 18.9 Å². The molecule has 0 aliphatic rings. The van der Waals surface area contributed by atoms with Gasteiger partial charge in [-0.3, -0.25) is 4.79 Å². The molecule has 0 heterocycles. The van der Waals surface area contributed by atoms with E-state index < -0.39 is 12.7 Å². The Morgan fingerprint density at radius 3 is 0.714 bits per heavy atom. The van der Waals surface area contributed by atoms with E-state index in [0.29, 0.717) is 6.42 Å². The number of carboxylic acids is 1. The molecule has 0 radical (unpaired) electrons. The third-order valence-corrected chi connectivity index (χ3v) is 11.4. The average molecular weight is 650 g/mol. The fourth-order valence-electron chi connectivity index (χ4n) is 6.19. The summed E-state index contributed by atoms with van der Waals surface area (Å²) in [4.78, 5) is 10.5. The van der Waals surface area contributed by atoms with Gasteiger partial charge in [-0.15, -0.1) is 22.2 Å². The fourth-order valence-corrected chi connectivity index (χ4v) is 7.86. The third-order valence-electron chi connectivity index (χ3n) is 9.01. The van der Waals surface area contributed by atoms with Gasteiger partial charge in [-0.05, 0) is 19.0 Å². The first-order valence-electron chi connectivity index (χ1n) is 19.0. The number of carboxylic acid groups (broad SMARTS) is 1. The number of hydrogen-bond donors (Lipinski definition) is 1. The summed E-state index contributed by atoms with van der Waals surface area (Å²) in [6.07, 6.45) is 46.0. The molecule has 0 saturated heterocycles. The minimum absolute atomic E-state index is 0.344. The summed E-state index contributed by atoms with van der Waals surface area (Å²) >= 11 is 12.3. The normalized spacial score (nSPS) is 11.9. The molecular formula is C37H74Cl2O2Si. The third kappa shape index (κ3) is 40.3. The molecule has 0 spiro atoms. The highest BCUT2D eigenvalue weighted by molar-refractivity contribution is 7.44. The zero-order valence-electron chi connectivity index (χ0n) is 28.4. The maximum atomic E-state index is 10.5. The van der Waals surface area contributed by atoms with Gasteiger partial charge in [-0.1, -0.05) is 205 Å². The van der Waals surface area contributed by atoms with E-state index >= 15 is 0 Å². The van der Waals surface area contributed by atoms with Gasteiger partial charge < -0.3 is 5.11 Å². The molecule has 2 nitrogen and oxygen atoms in total. The largest absolute Gasteiger partial charge is 0.481 e. The Bertz CT molecular complexity index is 538. The van der Waals surface area contributed by atoms with Gasteiger partial charge in [-0.25, -0.2) is 0 Å². The average Bonchev–Trinajstić information content (AvgIpc) is 2.94. The quantitative estimate of drug-likeness (QED) is 0.0417. The van der Waals surface area contributed by atoms with Crippen molar-refractivity contribution in [1.29, 1.82) is 0 Å². The second-order valence-electron chi connectivity index (χ2n) is 13.6. The topological polar surface area (TPSA) is 37.3 Å². The van der Waals surface area contributed by atoms with Crippen LogP contribution in [0.3, 0.4) is 0 Å². The van der Waals surface area contributed by atoms with Crippen LogP contribution < -0.4 is 0 Å².